The Morgan fingerprint density at radius 1 is 0.685 bits per heavy atom. The van der Waals surface area contributed by atoms with E-state index < -0.39 is 26.0 Å². The van der Waals surface area contributed by atoms with Gasteiger partial charge in [-0.15, -0.1) is 22.5 Å². The van der Waals surface area contributed by atoms with E-state index in [0.29, 0.717) is 22.8 Å². The molecule has 54 heavy (non-hydrogen) atoms. The van der Waals surface area contributed by atoms with E-state index >= 15 is 0 Å². The Morgan fingerprint density at radius 3 is 2.07 bits per heavy atom. The molecule has 1 aliphatic rings. The average Bonchev–Trinajstić information content (AvgIpc) is 3.72. The van der Waals surface area contributed by atoms with E-state index in [4.69, 9.17) is 27.0 Å². The Balaban J connectivity index is 0.00000595. The number of para-hydroxylation sites is 3. The Kier molecular flexibility index (Phi) is 6.91. The van der Waals surface area contributed by atoms with Crippen molar-refractivity contribution in [3.05, 3.63) is 138 Å². The van der Waals surface area contributed by atoms with Crippen molar-refractivity contribution in [2.75, 3.05) is 0 Å². The van der Waals surface area contributed by atoms with Gasteiger partial charge in [0.15, 0.2) is 0 Å². The molecular weight excluding hydrogens is 846 g/mol. The van der Waals surface area contributed by atoms with Crippen LogP contribution in [-0.2, 0) is 37.3 Å². The van der Waals surface area contributed by atoms with Crippen LogP contribution in [-0.4, -0.2) is 20.5 Å². The third kappa shape index (κ3) is 6.86. The van der Waals surface area contributed by atoms with E-state index in [9.17, 15) is 0 Å². The topological polar surface area (TPSA) is 46.0 Å². The summed E-state index contributed by atoms with van der Waals surface area (Å²) in [4.78, 5) is 9.50. The summed E-state index contributed by atoms with van der Waals surface area (Å²) < 4.78 is 85.7. The van der Waals surface area contributed by atoms with Gasteiger partial charge in [0.2, 0.25) is 5.69 Å². The fourth-order valence-corrected chi connectivity index (χ4v) is 6.60. The molecule has 272 valence electrons. The molecule has 0 aliphatic carbocycles. The second-order valence-corrected chi connectivity index (χ2v) is 15.5. The molecule has 0 radical (unpaired) electrons. The standard InChI is InChI=1S/C47H45N5O.Pt/c1-45(2,3)31-18-20-34(21-19-31)50-30-51(41-17-13-12-16-40(41)50)35-24-33(47(7,8)9)25-36(27-35)53-44-28-42-38(29-49-44)37-14-10-11-15-39(37)52(42)43-26-32(22-23-48-43)46(4,5)6;/h10-26,29H,1-9H3;/q;+2/i1D3,2D3,3D3;. The summed E-state index contributed by atoms with van der Waals surface area (Å²) in [6.07, 6.45) is 3.62. The molecule has 7 aromatic rings. The van der Waals surface area contributed by atoms with Crippen LogP contribution in [0.15, 0.2) is 109 Å². The predicted octanol–water partition coefficient (Wildman–Crippen LogP) is 11.7. The van der Waals surface area contributed by atoms with Crippen LogP contribution in [0.5, 0.6) is 11.6 Å². The molecule has 0 fully saturated rings. The number of fused-ring (bicyclic) bond motifs is 4. The summed E-state index contributed by atoms with van der Waals surface area (Å²) in [7, 11) is 0. The van der Waals surface area contributed by atoms with Crippen LogP contribution in [0.1, 0.15) is 91.1 Å². The number of hydrogen-bond donors (Lipinski definition) is 0. The average molecular weight is 900 g/mol. The molecule has 0 atom stereocenters. The van der Waals surface area contributed by atoms with Crippen LogP contribution in [0.4, 0.5) is 22.7 Å². The van der Waals surface area contributed by atoms with E-state index in [1.807, 2.05) is 65.4 Å². The molecule has 7 heteroatoms. The van der Waals surface area contributed by atoms with Crippen LogP contribution < -0.4 is 13.9 Å². The van der Waals surface area contributed by atoms with Crippen molar-refractivity contribution < 1.29 is 38.1 Å². The maximum atomic E-state index is 8.16. The van der Waals surface area contributed by atoms with Crippen molar-refractivity contribution in [2.24, 2.45) is 0 Å². The zero-order valence-corrected chi connectivity index (χ0v) is 33.1. The van der Waals surface area contributed by atoms with Gasteiger partial charge < -0.3 is 9.30 Å². The van der Waals surface area contributed by atoms with Crippen LogP contribution in [0.2, 0.25) is 0 Å². The molecule has 0 spiro atoms. The number of rotatable bonds is 5. The Hall–Kier alpha value is -5.15. The second-order valence-electron chi connectivity index (χ2n) is 15.5. The van der Waals surface area contributed by atoms with Gasteiger partial charge in [-0.2, -0.15) is 6.07 Å². The molecule has 0 unspecified atom stereocenters. The van der Waals surface area contributed by atoms with Gasteiger partial charge in [-0.05, 0) is 56.3 Å². The zero-order valence-electron chi connectivity index (χ0n) is 39.9. The summed E-state index contributed by atoms with van der Waals surface area (Å²) >= 11 is 0. The molecular formula is C47H45N5OPt+2. The van der Waals surface area contributed by atoms with Crippen molar-refractivity contribution >= 4 is 50.6 Å². The van der Waals surface area contributed by atoms with Crippen molar-refractivity contribution in [3.8, 4) is 17.4 Å². The van der Waals surface area contributed by atoms with Gasteiger partial charge in [-0.25, -0.2) is 4.98 Å². The number of ether oxygens (including phenoxy) is 1. The number of hydrogen-bond acceptors (Lipinski definition) is 3. The third-order valence-corrected chi connectivity index (χ3v) is 9.56. The monoisotopic (exact) mass is 899 g/mol. The molecule has 0 saturated heterocycles. The molecule has 4 heterocycles. The maximum Gasteiger partial charge on any atom is 2.00 e. The van der Waals surface area contributed by atoms with Crippen molar-refractivity contribution in [2.45, 2.75) is 78.3 Å². The largest absolute Gasteiger partial charge is 2.00 e. The minimum atomic E-state index is -3.37. The fourth-order valence-electron chi connectivity index (χ4n) is 6.60. The number of pyridine rings is 2. The first kappa shape index (κ1) is 27.4. The van der Waals surface area contributed by atoms with E-state index in [-0.39, 0.29) is 43.3 Å². The summed E-state index contributed by atoms with van der Waals surface area (Å²) in [5, 5.41) is 1.91. The minimum absolute atomic E-state index is 0. The molecule has 0 bridgehead atoms. The van der Waals surface area contributed by atoms with E-state index in [2.05, 4.69) is 82.4 Å². The first-order valence-corrected chi connectivity index (χ1v) is 17.5. The van der Waals surface area contributed by atoms with Crippen molar-refractivity contribution in [1.82, 2.24) is 23.7 Å². The number of aromatic nitrogens is 3. The van der Waals surface area contributed by atoms with Gasteiger partial charge in [0.25, 0.3) is 11.4 Å². The first-order valence-electron chi connectivity index (χ1n) is 22.0. The van der Waals surface area contributed by atoms with Gasteiger partial charge in [0.1, 0.15) is 17.4 Å². The first-order chi connectivity index (χ1) is 28.9. The van der Waals surface area contributed by atoms with Gasteiger partial charge >= 0.3 is 27.1 Å². The van der Waals surface area contributed by atoms with Crippen LogP contribution in [0, 0.1) is 12.1 Å². The summed E-state index contributed by atoms with van der Waals surface area (Å²) in [5.41, 5.74) is 2.48. The van der Waals surface area contributed by atoms with Crippen LogP contribution in [0.3, 0.4) is 0 Å². The van der Waals surface area contributed by atoms with E-state index in [1.54, 1.807) is 10.8 Å². The minimum Gasteiger partial charge on any atom is -0.484 e. The van der Waals surface area contributed by atoms with Gasteiger partial charge in [0.05, 0.1) is 0 Å². The fraction of sp³-hybridized carbons (Fsp3) is 0.255. The maximum absolute atomic E-state index is 8.16. The van der Waals surface area contributed by atoms with Gasteiger partial charge in [-0.3, -0.25) is 4.98 Å². The van der Waals surface area contributed by atoms with Crippen molar-refractivity contribution in [3.63, 3.8) is 0 Å². The molecule has 0 saturated carbocycles. The normalized spacial score (nSPS) is 16.2. The third-order valence-electron chi connectivity index (χ3n) is 9.56. The summed E-state index contributed by atoms with van der Waals surface area (Å²) in [6, 6.07) is 39.6. The van der Waals surface area contributed by atoms with Gasteiger partial charge in [-0.1, -0.05) is 127 Å². The van der Waals surface area contributed by atoms with Gasteiger partial charge in [0, 0.05) is 54.1 Å². The second kappa shape index (κ2) is 13.6. The molecule has 3 aromatic heterocycles. The van der Waals surface area contributed by atoms with E-state index in [0.717, 1.165) is 44.4 Å². The Labute approximate surface area is 345 Å². The van der Waals surface area contributed by atoms with Crippen LogP contribution >= 0.6 is 0 Å². The molecule has 0 amide bonds. The molecule has 6 nitrogen and oxygen atoms in total. The Morgan fingerprint density at radius 2 is 1.37 bits per heavy atom. The smallest absolute Gasteiger partial charge is 0.484 e. The molecule has 1 aliphatic heterocycles. The predicted molar refractivity (Wildman–Crippen MR) is 217 cm³/mol. The zero-order chi connectivity index (χ0) is 44.8. The van der Waals surface area contributed by atoms with E-state index in [1.165, 1.54) is 24.3 Å². The quantitative estimate of drug-likeness (QED) is 0.128. The SMILES string of the molecule is [2H]C([2H])([2H])C(c1ccc([N+]2=C=[N+](c3[c-]c(Oc4[c-]c5c(cn4)c4ccccc4n5-c4cc(C(C)(C)C)ccn4)cc(C(C)(C)C)c3)c3ccccc32)cc1)(C([2H])([2H])[2H])C([2H])([2H])[2H].[Pt+2]. The molecule has 8 rings (SSSR count). The summed E-state index contributed by atoms with van der Waals surface area (Å²) in [5.74, 6) is 1.38. The number of benzene rings is 4. The summed E-state index contributed by atoms with van der Waals surface area (Å²) in [6.45, 7) is 2.68. The molecule has 0 N–H and O–H groups in total. The number of nitrogens with zero attached hydrogens (tertiary/aromatic N) is 5. The Bertz CT molecular complexity index is 2930. The van der Waals surface area contributed by atoms with Crippen LogP contribution in [0.25, 0.3) is 27.6 Å². The van der Waals surface area contributed by atoms with Crippen molar-refractivity contribution in [1.29, 1.82) is 0 Å². The molecule has 4 aromatic carbocycles.